The Balaban J connectivity index is 4.49. The van der Waals surface area contributed by atoms with Crippen molar-refractivity contribution in [1.82, 2.24) is 5.32 Å². The highest BCUT2D eigenvalue weighted by atomic mass is 15.0. The van der Waals surface area contributed by atoms with Crippen LogP contribution < -0.4 is 5.32 Å². The average molecular weight is 746 g/mol. The highest BCUT2D eigenvalue weighted by molar-refractivity contribution is 4.88. The Bertz CT molecular complexity index is 591. The molecule has 0 aromatic rings. The fourth-order valence-electron chi connectivity index (χ4n) is 8.99. The van der Waals surface area contributed by atoms with Gasteiger partial charge in [-0.05, 0) is 32.2 Å². The van der Waals surface area contributed by atoms with E-state index in [-0.39, 0.29) is 0 Å². The molecule has 0 aromatic carbocycles. The third-order valence-electron chi connectivity index (χ3n) is 12.8. The van der Waals surface area contributed by atoms with Crippen molar-refractivity contribution in [3.05, 3.63) is 0 Å². The first kappa shape index (κ1) is 53.0. The summed E-state index contributed by atoms with van der Waals surface area (Å²) in [5.74, 6) is 0. The summed E-state index contributed by atoms with van der Waals surface area (Å²) >= 11 is 0. The molecule has 0 saturated carbocycles. The standard InChI is InChI=1S/C52H107N/c1-5-9-13-17-20-22-24-26-28-30-32-34-36-38-41-45-49-52(48-44-40-16-12-8-4,53-51-47-43-19-15-11-7-3)50-46-42-39-37-35-33-31-29-27-25-23-21-18-14-10-6-2/h53H,5-51H2,1-4H3. The van der Waals surface area contributed by atoms with Crippen LogP contribution in [0.15, 0.2) is 0 Å². The van der Waals surface area contributed by atoms with Gasteiger partial charge in [0, 0.05) is 5.54 Å². The molecular weight excluding hydrogens is 639 g/mol. The molecule has 0 fully saturated rings. The monoisotopic (exact) mass is 746 g/mol. The van der Waals surface area contributed by atoms with Crippen molar-refractivity contribution in [2.75, 3.05) is 6.54 Å². The van der Waals surface area contributed by atoms with Crippen LogP contribution in [0.5, 0.6) is 0 Å². The van der Waals surface area contributed by atoms with Gasteiger partial charge in [0.15, 0.2) is 0 Å². The fourth-order valence-corrected chi connectivity index (χ4v) is 8.99. The maximum atomic E-state index is 4.32. The van der Waals surface area contributed by atoms with E-state index in [1.54, 1.807) is 0 Å². The van der Waals surface area contributed by atoms with Crippen molar-refractivity contribution in [2.45, 2.75) is 329 Å². The van der Waals surface area contributed by atoms with Crippen LogP contribution in [0, 0.1) is 0 Å². The molecular formula is C52H107N. The van der Waals surface area contributed by atoms with Gasteiger partial charge in [-0.2, -0.15) is 0 Å². The summed E-state index contributed by atoms with van der Waals surface area (Å²) < 4.78 is 0. The lowest BCUT2D eigenvalue weighted by atomic mass is 9.81. The summed E-state index contributed by atoms with van der Waals surface area (Å²) in [6.45, 7) is 10.6. The van der Waals surface area contributed by atoms with Gasteiger partial charge in [-0.3, -0.25) is 0 Å². The van der Waals surface area contributed by atoms with E-state index < -0.39 is 0 Å². The Hall–Kier alpha value is -0.0400. The minimum atomic E-state index is 0.418. The van der Waals surface area contributed by atoms with Crippen LogP contribution in [0.1, 0.15) is 323 Å². The molecule has 0 unspecified atom stereocenters. The molecule has 320 valence electrons. The predicted octanol–water partition coefficient (Wildman–Crippen LogP) is 19.3. The molecule has 0 aliphatic carbocycles. The Kier molecular flexibility index (Phi) is 46.3. The Morgan fingerprint density at radius 2 is 0.377 bits per heavy atom. The summed E-state index contributed by atoms with van der Waals surface area (Å²) in [4.78, 5) is 0. The first-order valence-corrected chi connectivity index (χ1v) is 26.0. The summed E-state index contributed by atoms with van der Waals surface area (Å²) in [6.07, 6.45) is 66.9. The van der Waals surface area contributed by atoms with Crippen molar-refractivity contribution in [1.29, 1.82) is 0 Å². The zero-order chi connectivity index (χ0) is 38.4. The number of rotatable bonds is 48. The van der Waals surface area contributed by atoms with Gasteiger partial charge in [-0.1, -0.05) is 297 Å². The summed E-state index contributed by atoms with van der Waals surface area (Å²) in [6, 6.07) is 0. The largest absolute Gasteiger partial charge is 0.311 e. The molecule has 0 atom stereocenters. The maximum Gasteiger partial charge on any atom is 0.0181 e. The molecule has 0 spiro atoms. The van der Waals surface area contributed by atoms with E-state index in [9.17, 15) is 0 Å². The van der Waals surface area contributed by atoms with E-state index in [0.717, 1.165) is 0 Å². The second kappa shape index (κ2) is 46.3. The molecule has 53 heavy (non-hydrogen) atoms. The first-order chi connectivity index (χ1) is 26.2. The Morgan fingerprint density at radius 1 is 0.208 bits per heavy atom. The van der Waals surface area contributed by atoms with Crippen LogP contribution in [-0.2, 0) is 0 Å². The van der Waals surface area contributed by atoms with Gasteiger partial charge in [-0.15, -0.1) is 0 Å². The predicted molar refractivity (Wildman–Crippen MR) is 246 cm³/mol. The van der Waals surface area contributed by atoms with E-state index in [0.29, 0.717) is 5.54 Å². The normalized spacial score (nSPS) is 12.0. The van der Waals surface area contributed by atoms with Crippen LogP contribution in [0.25, 0.3) is 0 Å². The molecule has 0 aliphatic heterocycles. The maximum absolute atomic E-state index is 4.32. The van der Waals surface area contributed by atoms with Gasteiger partial charge in [0.2, 0.25) is 0 Å². The van der Waals surface area contributed by atoms with Crippen LogP contribution >= 0.6 is 0 Å². The fraction of sp³-hybridized carbons (Fsp3) is 1.00. The lowest BCUT2D eigenvalue weighted by Gasteiger charge is -2.36. The van der Waals surface area contributed by atoms with Crippen molar-refractivity contribution < 1.29 is 0 Å². The molecule has 0 saturated heterocycles. The van der Waals surface area contributed by atoms with Crippen molar-refractivity contribution in [2.24, 2.45) is 0 Å². The molecule has 1 nitrogen and oxygen atoms in total. The summed E-state index contributed by atoms with van der Waals surface area (Å²) in [7, 11) is 0. The van der Waals surface area contributed by atoms with Crippen LogP contribution in [0.2, 0.25) is 0 Å². The smallest absolute Gasteiger partial charge is 0.0181 e. The zero-order valence-electron chi connectivity index (χ0n) is 38.2. The van der Waals surface area contributed by atoms with E-state index in [2.05, 4.69) is 33.0 Å². The van der Waals surface area contributed by atoms with Gasteiger partial charge >= 0.3 is 0 Å². The second-order valence-corrected chi connectivity index (χ2v) is 18.2. The van der Waals surface area contributed by atoms with E-state index in [4.69, 9.17) is 0 Å². The second-order valence-electron chi connectivity index (χ2n) is 18.2. The zero-order valence-corrected chi connectivity index (χ0v) is 38.2. The molecule has 0 radical (unpaired) electrons. The Morgan fingerprint density at radius 3 is 0.585 bits per heavy atom. The molecule has 0 bridgehead atoms. The number of nitrogens with one attached hydrogen (secondary N) is 1. The summed E-state index contributed by atoms with van der Waals surface area (Å²) in [5.41, 5.74) is 0.418. The molecule has 0 rings (SSSR count). The SMILES string of the molecule is CCCCCCCCCCCCCCCCCCC(CCCCCCC)(CCCCCCCCCCCCCCCCCC)NCCCCCCCC. The Labute approximate surface area is 339 Å². The third-order valence-corrected chi connectivity index (χ3v) is 12.8. The lowest BCUT2D eigenvalue weighted by Crippen LogP contribution is -2.45. The minimum Gasteiger partial charge on any atom is -0.311 e. The average Bonchev–Trinajstić information content (AvgIpc) is 3.17. The molecule has 0 aliphatic rings. The molecule has 0 amide bonds. The highest BCUT2D eigenvalue weighted by Crippen LogP contribution is 2.30. The quantitative estimate of drug-likeness (QED) is 0.0612. The van der Waals surface area contributed by atoms with Crippen molar-refractivity contribution in [3.63, 3.8) is 0 Å². The van der Waals surface area contributed by atoms with Gasteiger partial charge in [0.25, 0.3) is 0 Å². The minimum absolute atomic E-state index is 0.418. The van der Waals surface area contributed by atoms with E-state index in [1.807, 2.05) is 0 Å². The first-order valence-electron chi connectivity index (χ1n) is 26.0. The van der Waals surface area contributed by atoms with E-state index >= 15 is 0 Å². The summed E-state index contributed by atoms with van der Waals surface area (Å²) in [5, 5.41) is 4.32. The van der Waals surface area contributed by atoms with Crippen molar-refractivity contribution >= 4 is 0 Å². The molecule has 0 aromatic heterocycles. The van der Waals surface area contributed by atoms with Gasteiger partial charge in [0.05, 0.1) is 0 Å². The van der Waals surface area contributed by atoms with Crippen LogP contribution in [0.4, 0.5) is 0 Å². The molecule has 1 N–H and O–H groups in total. The number of unbranched alkanes of at least 4 members (excludes halogenated alkanes) is 39. The lowest BCUT2D eigenvalue weighted by molar-refractivity contribution is 0.234. The topological polar surface area (TPSA) is 12.0 Å². The highest BCUT2D eigenvalue weighted by Gasteiger charge is 2.27. The number of hydrogen-bond donors (Lipinski definition) is 1. The van der Waals surface area contributed by atoms with Crippen molar-refractivity contribution in [3.8, 4) is 0 Å². The number of hydrogen-bond acceptors (Lipinski definition) is 1. The van der Waals surface area contributed by atoms with Gasteiger partial charge in [-0.25, -0.2) is 0 Å². The van der Waals surface area contributed by atoms with Crippen LogP contribution in [-0.4, -0.2) is 12.1 Å². The van der Waals surface area contributed by atoms with Gasteiger partial charge in [0.1, 0.15) is 0 Å². The molecule has 0 heterocycles. The van der Waals surface area contributed by atoms with E-state index in [1.165, 1.54) is 302 Å². The molecule has 1 heteroatoms. The van der Waals surface area contributed by atoms with Crippen LogP contribution in [0.3, 0.4) is 0 Å². The third kappa shape index (κ3) is 41.4. The van der Waals surface area contributed by atoms with Gasteiger partial charge < -0.3 is 5.32 Å².